The molecule has 0 N–H and O–H groups in total. The Kier molecular flexibility index (Phi) is 3.59. The molecule has 0 saturated heterocycles. The van der Waals surface area contributed by atoms with E-state index in [1.807, 2.05) is 0 Å². The zero-order valence-electron chi connectivity index (χ0n) is 8.11. The van der Waals surface area contributed by atoms with Crippen LogP contribution < -0.4 is 0 Å². The first-order valence-corrected chi connectivity index (χ1v) is 5.01. The van der Waals surface area contributed by atoms with Crippen molar-refractivity contribution in [2.24, 2.45) is 0 Å². The first-order chi connectivity index (χ1) is 7.16. The van der Waals surface area contributed by atoms with E-state index in [1.54, 1.807) is 0 Å². The quantitative estimate of drug-likeness (QED) is 0.447. The Hall–Kier alpha value is -0.680. The summed E-state index contributed by atoms with van der Waals surface area (Å²) in [6.45, 7) is 0.174. The Balaban J connectivity index is 3.11. The van der Waals surface area contributed by atoms with Crippen LogP contribution >= 0.6 is 23.8 Å². The maximum absolute atomic E-state index is 13.2. The molecule has 0 amide bonds. The number of hydrogen-bond donors (Lipinski definition) is 0. The van der Waals surface area contributed by atoms with E-state index in [-0.39, 0.29) is 11.2 Å². The van der Waals surface area contributed by atoms with Gasteiger partial charge in [0.05, 0.1) is 0 Å². The topological polar surface area (TPSA) is 0 Å². The summed E-state index contributed by atoms with van der Waals surface area (Å²) in [4.78, 5) is 0. The number of hydrogen-bond acceptors (Lipinski definition) is 1. The molecule has 0 heterocycles. The molecule has 1 aromatic carbocycles. The second-order valence-corrected chi connectivity index (χ2v) is 4.32. The number of thiocarbonyl (C=S) groups is 1. The van der Waals surface area contributed by atoms with E-state index in [2.05, 4.69) is 12.2 Å². The van der Waals surface area contributed by atoms with Gasteiger partial charge < -0.3 is 0 Å². The van der Waals surface area contributed by atoms with Crippen molar-refractivity contribution < 1.29 is 17.6 Å². The zero-order chi connectivity index (χ0) is 12.6. The van der Waals surface area contributed by atoms with Crippen LogP contribution in [0.3, 0.4) is 0 Å². The average molecular weight is 271 g/mol. The summed E-state index contributed by atoms with van der Waals surface area (Å²) in [6.07, 6.45) is 0. The van der Waals surface area contributed by atoms with Crippen molar-refractivity contribution in [3.8, 4) is 0 Å². The van der Waals surface area contributed by atoms with E-state index >= 15 is 0 Å². The molecule has 0 unspecified atom stereocenters. The summed E-state index contributed by atoms with van der Waals surface area (Å²) in [7, 11) is 0. The Morgan fingerprint density at radius 1 is 1.12 bits per heavy atom. The lowest BCUT2D eigenvalue weighted by Gasteiger charge is -2.23. The molecule has 16 heavy (non-hydrogen) atoms. The lowest BCUT2D eigenvalue weighted by Crippen LogP contribution is -2.34. The number of rotatable bonds is 3. The highest BCUT2D eigenvalue weighted by Gasteiger charge is 2.53. The molecule has 0 spiro atoms. The van der Waals surface area contributed by atoms with Crippen LogP contribution in [0.15, 0.2) is 24.3 Å². The van der Waals surface area contributed by atoms with Crippen LogP contribution in [0.4, 0.5) is 17.6 Å². The Morgan fingerprint density at radius 2 is 1.56 bits per heavy atom. The van der Waals surface area contributed by atoms with Crippen LogP contribution in [0.2, 0.25) is 0 Å². The second-order valence-electron chi connectivity index (χ2n) is 3.31. The molecule has 0 aromatic heterocycles. The molecule has 0 fully saturated rings. The van der Waals surface area contributed by atoms with E-state index in [1.165, 1.54) is 12.1 Å². The molecule has 1 aromatic rings. The van der Waals surface area contributed by atoms with Crippen molar-refractivity contribution in [2.45, 2.75) is 18.8 Å². The van der Waals surface area contributed by atoms with Crippen molar-refractivity contribution in [3.63, 3.8) is 0 Å². The van der Waals surface area contributed by atoms with E-state index in [9.17, 15) is 17.6 Å². The maximum atomic E-state index is 13.2. The van der Waals surface area contributed by atoms with Crippen LogP contribution in [0.5, 0.6) is 0 Å². The lowest BCUT2D eigenvalue weighted by molar-refractivity contribution is -0.204. The molecule has 0 aliphatic rings. The lowest BCUT2D eigenvalue weighted by atomic mass is 10.0. The second kappa shape index (κ2) is 4.30. The summed E-state index contributed by atoms with van der Waals surface area (Å²) < 4.78 is 51.6. The summed E-state index contributed by atoms with van der Waals surface area (Å²) in [5, 5.41) is 0. The smallest absolute Gasteiger partial charge is 0.200 e. The van der Waals surface area contributed by atoms with Crippen LogP contribution in [-0.4, -0.2) is 10.2 Å². The van der Waals surface area contributed by atoms with Crippen molar-refractivity contribution >= 4 is 28.1 Å². The molecule has 0 radical (unpaired) electrons. The summed E-state index contributed by atoms with van der Waals surface area (Å²) in [5.74, 6) is -8.32. The zero-order valence-corrected chi connectivity index (χ0v) is 9.68. The molecule has 0 atom stereocenters. The molecule has 6 heteroatoms. The Morgan fingerprint density at radius 3 is 1.88 bits per heavy atom. The molecule has 0 bridgehead atoms. The molecule has 1 rings (SSSR count). The predicted molar refractivity (Wildman–Crippen MR) is 58.5 cm³/mol. The van der Waals surface area contributed by atoms with Gasteiger partial charge in [-0.15, -0.1) is 0 Å². The molecule has 0 aliphatic heterocycles. The average Bonchev–Trinajstić information content (AvgIpc) is 2.16. The normalized spacial score (nSPS) is 12.6. The Labute approximate surface area is 100 Å². The number of benzene rings is 1. The SMILES string of the molecule is CC(F)(F)C(F)(F)c1ccc(C(=S)Cl)cc1. The molecular formula is C10H7ClF4S. The maximum Gasteiger partial charge on any atom is 0.335 e. The number of halogens is 5. The predicted octanol–water partition coefficient (Wildman–Crippen LogP) is 4.35. The van der Waals surface area contributed by atoms with Gasteiger partial charge in [0.25, 0.3) is 0 Å². The van der Waals surface area contributed by atoms with E-state index in [0.717, 1.165) is 12.1 Å². The largest absolute Gasteiger partial charge is 0.335 e. The van der Waals surface area contributed by atoms with Gasteiger partial charge in [0.1, 0.15) is 4.32 Å². The molecule has 0 saturated carbocycles. The fourth-order valence-electron chi connectivity index (χ4n) is 1.06. The van der Waals surface area contributed by atoms with Gasteiger partial charge in [0.15, 0.2) is 0 Å². The first kappa shape index (κ1) is 13.4. The van der Waals surface area contributed by atoms with Crippen LogP contribution in [0.1, 0.15) is 18.1 Å². The van der Waals surface area contributed by atoms with Gasteiger partial charge in [0, 0.05) is 18.1 Å². The summed E-state index contributed by atoms with van der Waals surface area (Å²) >= 11 is 10.1. The van der Waals surface area contributed by atoms with Crippen LogP contribution in [0.25, 0.3) is 0 Å². The van der Waals surface area contributed by atoms with Crippen molar-refractivity contribution in [3.05, 3.63) is 35.4 Å². The van der Waals surface area contributed by atoms with E-state index < -0.39 is 17.4 Å². The highest BCUT2D eigenvalue weighted by atomic mass is 35.5. The third kappa shape index (κ3) is 2.52. The molecule has 0 nitrogen and oxygen atoms in total. The van der Waals surface area contributed by atoms with Gasteiger partial charge in [-0.05, 0) is 0 Å². The van der Waals surface area contributed by atoms with Gasteiger partial charge in [-0.25, -0.2) is 0 Å². The van der Waals surface area contributed by atoms with Crippen molar-refractivity contribution in [2.75, 3.05) is 0 Å². The van der Waals surface area contributed by atoms with Gasteiger partial charge in [-0.3, -0.25) is 0 Å². The summed E-state index contributed by atoms with van der Waals surface area (Å²) in [5.41, 5.74) is -0.424. The minimum absolute atomic E-state index is 0.00174. The highest BCUT2D eigenvalue weighted by molar-refractivity contribution is 7.83. The van der Waals surface area contributed by atoms with Gasteiger partial charge >= 0.3 is 11.8 Å². The molecule has 0 aliphatic carbocycles. The van der Waals surface area contributed by atoms with Crippen LogP contribution in [-0.2, 0) is 5.92 Å². The van der Waals surface area contributed by atoms with Crippen molar-refractivity contribution in [1.82, 2.24) is 0 Å². The van der Waals surface area contributed by atoms with Gasteiger partial charge in [-0.2, -0.15) is 17.6 Å². The van der Waals surface area contributed by atoms with Gasteiger partial charge in [-0.1, -0.05) is 48.1 Å². The fraction of sp³-hybridized carbons (Fsp3) is 0.300. The Bertz CT molecular complexity index is 394. The first-order valence-electron chi connectivity index (χ1n) is 4.22. The monoisotopic (exact) mass is 270 g/mol. The highest BCUT2D eigenvalue weighted by Crippen LogP contribution is 2.42. The van der Waals surface area contributed by atoms with E-state index in [4.69, 9.17) is 11.6 Å². The minimum Gasteiger partial charge on any atom is -0.200 e. The van der Waals surface area contributed by atoms with Crippen LogP contribution in [0, 0.1) is 0 Å². The number of alkyl halides is 4. The van der Waals surface area contributed by atoms with E-state index in [0.29, 0.717) is 5.56 Å². The van der Waals surface area contributed by atoms with Gasteiger partial charge in [0.2, 0.25) is 0 Å². The standard InChI is InChI=1S/C10H7ClF4S/c1-9(12,13)10(14,15)7-4-2-6(3-5-7)8(11)16/h2-5H,1H3. The third-order valence-electron chi connectivity index (χ3n) is 2.03. The summed E-state index contributed by atoms with van der Waals surface area (Å²) in [6, 6.07) is 4.15. The fourth-order valence-corrected chi connectivity index (χ4v) is 1.33. The minimum atomic E-state index is -4.21. The molecule has 88 valence electrons. The van der Waals surface area contributed by atoms with Crippen molar-refractivity contribution in [1.29, 1.82) is 0 Å². The third-order valence-corrected chi connectivity index (χ3v) is 2.48. The molecular weight excluding hydrogens is 264 g/mol.